The molecule has 27 heavy (non-hydrogen) atoms. The molecule has 0 spiro atoms. The topological polar surface area (TPSA) is 98.8 Å². The number of aromatic amines is 1. The number of methoxy groups -OCH3 is 1. The van der Waals surface area contributed by atoms with Gasteiger partial charge in [-0.25, -0.2) is 9.97 Å². The molecule has 0 fully saturated rings. The summed E-state index contributed by atoms with van der Waals surface area (Å²) in [5, 5.41) is 0. The van der Waals surface area contributed by atoms with Crippen molar-refractivity contribution >= 4 is 22.6 Å². The van der Waals surface area contributed by atoms with Crippen LogP contribution in [-0.4, -0.2) is 32.4 Å². The zero-order valence-electron chi connectivity index (χ0n) is 15.1. The van der Waals surface area contributed by atoms with Crippen molar-refractivity contribution in [1.82, 2.24) is 19.5 Å². The Hall–Kier alpha value is -3.61. The second kappa shape index (κ2) is 6.60. The monoisotopic (exact) mass is 361 g/mol. The minimum absolute atomic E-state index is 0.0715. The van der Waals surface area contributed by atoms with E-state index in [1.807, 2.05) is 42.5 Å². The zero-order chi connectivity index (χ0) is 19.0. The number of carbonyl (C=O) groups excluding carboxylic acids is 1. The lowest BCUT2D eigenvalue weighted by molar-refractivity contribution is 0.0980. The summed E-state index contributed by atoms with van der Waals surface area (Å²) in [5.41, 5.74) is 9.28. The third-order valence-electron chi connectivity index (χ3n) is 4.43. The predicted molar refractivity (Wildman–Crippen MR) is 104 cm³/mol. The highest BCUT2D eigenvalue weighted by Gasteiger charge is 2.14. The number of nitrogens with zero attached hydrogens (tertiary/aromatic N) is 3. The standard InChI is InChI=1S/C20H19N5O2/c1-25-11-18(21)24-20(25)17(26)9-12-3-5-13(6-4-12)19-22-15-8-7-14(27-2)10-16(15)23-19/h3-8,10-11H,9,21H2,1-2H3,(H,22,23). The maximum atomic E-state index is 12.4. The van der Waals surface area contributed by atoms with E-state index < -0.39 is 0 Å². The summed E-state index contributed by atoms with van der Waals surface area (Å²) in [6, 6.07) is 13.5. The summed E-state index contributed by atoms with van der Waals surface area (Å²) in [4.78, 5) is 24.4. The number of imidazole rings is 2. The molecule has 4 rings (SSSR count). The molecule has 136 valence electrons. The van der Waals surface area contributed by atoms with Gasteiger partial charge in [0.25, 0.3) is 0 Å². The molecule has 0 aliphatic carbocycles. The molecule has 0 radical (unpaired) electrons. The van der Waals surface area contributed by atoms with Gasteiger partial charge in [0.2, 0.25) is 5.78 Å². The van der Waals surface area contributed by atoms with Gasteiger partial charge in [0, 0.05) is 31.3 Å². The van der Waals surface area contributed by atoms with E-state index in [0.29, 0.717) is 11.6 Å². The van der Waals surface area contributed by atoms with Gasteiger partial charge in [-0.2, -0.15) is 0 Å². The van der Waals surface area contributed by atoms with Crippen molar-refractivity contribution in [2.24, 2.45) is 7.05 Å². The fraction of sp³-hybridized carbons (Fsp3) is 0.150. The smallest absolute Gasteiger partial charge is 0.202 e. The average molecular weight is 361 g/mol. The molecule has 3 N–H and O–H groups in total. The molecule has 2 aromatic heterocycles. The van der Waals surface area contributed by atoms with Gasteiger partial charge in [-0.3, -0.25) is 4.79 Å². The third-order valence-corrected chi connectivity index (χ3v) is 4.43. The summed E-state index contributed by atoms with van der Waals surface area (Å²) in [5.74, 6) is 2.19. The number of hydrogen-bond donors (Lipinski definition) is 2. The molecular formula is C20H19N5O2. The first-order valence-corrected chi connectivity index (χ1v) is 8.48. The van der Waals surface area contributed by atoms with Crippen LogP contribution in [0, 0.1) is 0 Å². The van der Waals surface area contributed by atoms with Gasteiger partial charge in [0.05, 0.1) is 18.1 Å². The van der Waals surface area contributed by atoms with Gasteiger partial charge in [-0.05, 0) is 17.7 Å². The van der Waals surface area contributed by atoms with Crippen LogP contribution < -0.4 is 10.5 Å². The number of H-pyrrole nitrogens is 1. The van der Waals surface area contributed by atoms with E-state index in [1.165, 1.54) is 0 Å². The number of Topliss-reactive ketones (excluding diaryl/α,β-unsaturated/α-hetero) is 1. The molecule has 0 aliphatic rings. The molecule has 7 heteroatoms. The van der Waals surface area contributed by atoms with Crippen molar-refractivity contribution in [3.63, 3.8) is 0 Å². The van der Waals surface area contributed by atoms with Crippen LogP contribution in [0.25, 0.3) is 22.4 Å². The number of aromatic nitrogens is 4. The molecule has 2 aromatic carbocycles. The minimum Gasteiger partial charge on any atom is -0.497 e. The first-order chi connectivity index (χ1) is 13.0. The van der Waals surface area contributed by atoms with Crippen LogP contribution in [0.5, 0.6) is 5.75 Å². The largest absolute Gasteiger partial charge is 0.497 e. The number of carbonyl (C=O) groups is 1. The first kappa shape index (κ1) is 16.8. The first-order valence-electron chi connectivity index (χ1n) is 8.48. The second-order valence-corrected chi connectivity index (χ2v) is 6.37. The normalized spacial score (nSPS) is 11.0. The summed E-state index contributed by atoms with van der Waals surface area (Å²) in [6.45, 7) is 0. The number of aryl methyl sites for hydroxylation is 1. The zero-order valence-corrected chi connectivity index (χ0v) is 15.1. The van der Waals surface area contributed by atoms with E-state index in [-0.39, 0.29) is 12.2 Å². The van der Waals surface area contributed by atoms with Crippen LogP contribution in [0.3, 0.4) is 0 Å². The number of ketones is 1. The Kier molecular flexibility index (Phi) is 4.12. The fourth-order valence-electron chi connectivity index (χ4n) is 3.05. The van der Waals surface area contributed by atoms with Crippen molar-refractivity contribution in [3.8, 4) is 17.1 Å². The molecule has 0 amide bonds. The Morgan fingerprint density at radius 3 is 2.63 bits per heavy atom. The molecule has 7 nitrogen and oxygen atoms in total. The highest BCUT2D eigenvalue weighted by molar-refractivity contribution is 5.95. The van der Waals surface area contributed by atoms with Gasteiger partial charge in [0.15, 0.2) is 5.82 Å². The van der Waals surface area contributed by atoms with Crippen molar-refractivity contribution < 1.29 is 9.53 Å². The summed E-state index contributed by atoms with van der Waals surface area (Å²) >= 11 is 0. The van der Waals surface area contributed by atoms with Crippen LogP contribution in [0.2, 0.25) is 0 Å². The number of fused-ring (bicyclic) bond motifs is 1. The van der Waals surface area contributed by atoms with Crippen molar-refractivity contribution in [1.29, 1.82) is 0 Å². The quantitative estimate of drug-likeness (QED) is 0.533. The van der Waals surface area contributed by atoms with Crippen LogP contribution in [0.4, 0.5) is 5.82 Å². The number of benzene rings is 2. The molecular weight excluding hydrogens is 342 g/mol. The molecule has 0 saturated carbocycles. The number of nitrogens with two attached hydrogens (primary N) is 1. The summed E-state index contributed by atoms with van der Waals surface area (Å²) in [7, 11) is 3.40. The lowest BCUT2D eigenvalue weighted by Crippen LogP contribution is -2.10. The minimum atomic E-state index is -0.0715. The Morgan fingerprint density at radius 1 is 1.19 bits per heavy atom. The molecule has 0 unspecified atom stereocenters. The number of anilines is 1. The molecule has 0 aliphatic heterocycles. The average Bonchev–Trinajstić information content (AvgIpc) is 3.24. The summed E-state index contributed by atoms with van der Waals surface area (Å²) in [6.07, 6.45) is 1.90. The maximum absolute atomic E-state index is 12.4. The highest BCUT2D eigenvalue weighted by Crippen LogP contribution is 2.24. The number of nitrogen functional groups attached to an aromatic ring is 1. The number of hydrogen-bond acceptors (Lipinski definition) is 5. The van der Waals surface area contributed by atoms with E-state index in [4.69, 9.17) is 10.5 Å². The Labute approximate surface area is 155 Å². The van der Waals surface area contributed by atoms with Crippen molar-refractivity contribution in [3.05, 3.63) is 60.0 Å². The van der Waals surface area contributed by atoms with Crippen LogP contribution in [-0.2, 0) is 13.5 Å². The van der Waals surface area contributed by atoms with Gasteiger partial charge >= 0.3 is 0 Å². The lowest BCUT2D eigenvalue weighted by Gasteiger charge is -2.03. The van der Waals surface area contributed by atoms with Gasteiger partial charge in [-0.1, -0.05) is 24.3 Å². The predicted octanol–water partition coefficient (Wildman–Crippen LogP) is 2.98. The summed E-state index contributed by atoms with van der Waals surface area (Å²) < 4.78 is 6.89. The van der Waals surface area contributed by atoms with Gasteiger partial charge < -0.3 is 20.0 Å². The number of rotatable bonds is 5. The van der Waals surface area contributed by atoms with Crippen molar-refractivity contribution in [2.45, 2.75) is 6.42 Å². The van der Waals surface area contributed by atoms with Gasteiger partial charge in [-0.15, -0.1) is 0 Å². The Balaban J connectivity index is 1.55. The molecule has 0 saturated heterocycles. The van der Waals surface area contributed by atoms with E-state index in [0.717, 1.165) is 33.7 Å². The van der Waals surface area contributed by atoms with Crippen LogP contribution >= 0.6 is 0 Å². The number of ether oxygens (including phenoxy) is 1. The molecule has 4 aromatic rings. The third kappa shape index (κ3) is 3.27. The van der Waals surface area contributed by atoms with E-state index in [9.17, 15) is 4.79 Å². The lowest BCUT2D eigenvalue weighted by atomic mass is 10.1. The molecule has 2 heterocycles. The SMILES string of the molecule is COc1ccc2nc(-c3ccc(CC(=O)c4nc(N)cn4C)cc3)[nH]c2c1. The Morgan fingerprint density at radius 2 is 1.96 bits per heavy atom. The van der Waals surface area contributed by atoms with E-state index in [2.05, 4.69) is 15.0 Å². The van der Waals surface area contributed by atoms with Gasteiger partial charge in [0.1, 0.15) is 17.4 Å². The maximum Gasteiger partial charge on any atom is 0.202 e. The van der Waals surface area contributed by atoms with E-state index >= 15 is 0 Å². The Bertz CT molecular complexity index is 1130. The molecule has 0 bridgehead atoms. The van der Waals surface area contributed by atoms with Crippen LogP contribution in [0.15, 0.2) is 48.7 Å². The highest BCUT2D eigenvalue weighted by atomic mass is 16.5. The second-order valence-electron chi connectivity index (χ2n) is 6.37. The fourth-order valence-corrected chi connectivity index (χ4v) is 3.05. The number of nitrogens with one attached hydrogen (secondary N) is 1. The van der Waals surface area contributed by atoms with Crippen LogP contribution in [0.1, 0.15) is 16.2 Å². The molecule has 0 atom stereocenters. The van der Waals surface area contributed by atoms with E-state index in [1.54, 1.807) is 24.9 Å². The van der Waals surface area contributed by atoms with Crippen molar-refractivity contribution in [2.75, 3.05) is 12.8 Å².